The van der Waals surface area contributed by atoms with Gasteiger partial charge in [-0.15, -0.1) is 6.58 Å². The van der Waals surface area contributed by atoms with Gasteiger partial charge in [0.15, 0.2) is 0 Å². The first-order chi connectivity index (χ1) is 8.29. The maximum absolute atomic E-state index is 5.63. The zero-order chi connectivity index (χ0) is 12.3. The summed E-state index contributed by atoms with van der Waals surface area (Å²) < 4.78 is 5.63. The second-order valence-corrected chi connectivity index (χ2v) is 4.66. The van der Waals surface area contributed by atoms with E-state index in [1.807, 2.05) is 6.07 Å². The Morgan fingerprint density at radius 2 is 1.76 bits per heavy atom. The molecule has 0 unspecified atom stereocenters. The zero-order valence-electron chi connectivity index (χ0n) is 11.0. The fourth-order valence-electron chi connectivity index (χ4n) is 1.75. The minimum absolute atomic E-state index is 0.743. The number of hydrogen-bond acceptors (Lipinski definition) is 1. The molecule has 0 bridgehead atoms. The van der Waals surface area contributed by atoms with Gasteiger partial charge in [0, 0.05) is 6.61 Å². The first-order valence-corrected chi connectivity index (χ1v) is 6.55. The largest absolute Gasteiger partial charge is 0.377 e. The molecule has 1 aromatic rings. The molecule has 1 nitrogen and oxygen atoms in total. The fraction of sp³-hybridized carbons (Fsp3) is 0.500. The topological polar surface area (TPSA) is 9.23 Å². The van der Waals surface area contributed by atoms with Gasteiger partial charge in [-0.1, -0.05) is 48.7 Å². The summed E-state index contributed by atoms with van der Waals surface area (Å²) >= 11 is 0. The van der Waals surface area contributed by atoms with Gasteiger partial charge in [-0.2, -0.15) is 0 Å². The summed E-state index contributed by atoms with van der Waals surface area (Å²) in [5, 5.41) is 0. The van der Waals surface area contributed by atoms with Crippen molar-refractivity contribution in [2.75, 3.05) is 6.61 Å². The minimum Gasteiger partial charge on any atom is -0.377 e. The van der Waals surface area contributed by atoms with Crippen LogP contribution in [0.4, 0.5) is 0 Å². The molecule has 0 radical (unpaired) electrons. The Bertz CT molecular complexity index is 303. The van der Waals surface area contributed by atoms with E-state index >= 15 is 0 Å². The van der Waals surface area contributed by atoms with Crippen LogP contribution in [-0.2, 0) is 11.3 Å². The van der Waals surface area contributed by atoms with Crippen LogP contribution >= 0.6 is 0 Å². The summed E-state index contributed by atoms with van der Waals surface area (Å²) in [6.07, 6.45) is 6.17. The summed E-state index contributed by atoms with van der Waals surface area (Å²) in [5.74, 6) is 0. The molecule has 0 N–H and O–H groups in total. The molecule has 0 saturated carbocycles. The lowest BCUT2D eigenvalue weighted by atomic mass is 10.1. The number of allylic oxidation sites excluding steroid dienone is 1. The molecule has 1 aromatic carbocycles. The molecular formula is C16H24O. The van der Waals surface area contributed by atoms with Crippen molar-refractivity contribution in [1.82, 2.24) is 0 Å². The van der Waals surface area contributed by atoms with Gasteiger partial charge >= 0.3 is 0 Å². The monoisotopic (exact) mass is 232 g/mol. The molecule has 0 heterocycles. The first kappa shape index (κ1) is 14.0. The van der Waals surface area contributed by atoms with Crippen molar-refractivity contribution >= 4 is 0 Å². The molecule has 0 aliphatic carbocycles. The van der Waals surface area contributed by atoms with Gasteiger partial charge in [-0.05, 0) is 31.7 Å². The van der Waals surface area contributed by atoms with Crippen molar-refractivity contribution in [1.29, 1.82) is 0 Å². The molecule has 0 atom stereocenters. The highest BCUT2D eigenvalue weighted by molar-refractivity contribution is 5.13. The third-order valence-electron chi connectivity index (χ3n) is 2.75. The summed E-state index contributed by atoms with van der Waals surface area (Å²) in [4.78, 5) is 0. The van der Waals surface area contributed by atoms with E-state index < -0.39 is 0 Å². The number of hydrogen-bond donors (Lipinski definition) is 0. The molecule has 1 heteroatoms. The normalized spacial score (nSPS) is 10.4. The fourth-order valence-corrected chi connectivity index (χ4v) is 1.75. The summed E-state index contributed by atoms with van der Waals surface area (Å²) in [7, 11) is 0. The van der Waals surface area contributed by atoms with E-state index in [-0.39, 0.29) is 0 Å². The van der Waals surface area contributed by atoms with Crippen molar-refractivity contribution in [3.63, 3.8) is 0 Å². The van der Waals surface area contributed by atoms with Gasteiger partial charge in [0.2, 0.25) is 0 Å². The number of rotatable bonds is 9. The quantitative estimate of drug-likeness (QED) is 0.442. The van der Waals surface area contributed by atoms with Crippen molar-refractivity contribution in [3.05, 3.63) is 48.0 Å². The number of ether oxygens (including phenoxy) is 1. The van der Waals surface area contributed by atoms with Crippen LogP contribution in [0.15, 0.2) is 42.5 Å². The highest BCUT2D eigenvalue weighted by atomic mass is 16.5. The lowest BCUT2D eigenvalue weighted by Gasteiger charge is -2.04. The van der Waals surface area contributed by atoms with Gasteiger partial charge in [0.1, 0.15) is 0 Å². The van der Waals surface area contributed by atoms with Gasteiger partial charge < -0.3 is 4.74 Å². The standard InChI is InChI=1S/C16H24O/c1-15(2)10-6-3-4-9-13-17-14-16-11-7-5-8-12-16/h5,7-8,11-12H,1,3-4,6,9-10,13-14H2,2H3. The smallest absolute Gasteiger partial charge is 0.0716 e. The molecule has 0 aliphatic heterocycles. The Hall–Kier alpha value is -1.08. The lowest BCUT2D eigenvalue weighted by Crippen LogP contribution is -1.95. The molecule has 0 fully saturated rings. The Balaban J connectivity index is 1.90. The Labute approximate surface area is 106 Å². The van der Waals surface area contributed by atoms with E-state index in [1.54, 1.807) is 0 Å². The molecule has 0 amide bonds. The molecule has 1 rings (SSSR count). The number of benzene rings is 1. The van der Waals surface area contributed by atoms with Gasteiger partial charge in [0.05, 0.1) is 6.61 Å². The van der Waals surface area contributed by atoms with E-state index in [4.69, 9.17) is 4.74 Å². The Kier molecular flexibility index (Phi) is 7.40. The van der Waals surface area contributed by atoms with E-state index in [0.29, 0.717) is 0 Å². The molecular weight excluding hydrogens is 208 g/mol. The van der Waals surface area contributed by atoms with Crippen molar-refractivity contribution in [2.24, 2.45) is 0 Å². The average Bonchev–Trinajstić information content (AvgIpc) is 2.33. The van der Waals surface area contributed by atoms with Crippen LogP contribution in [0.25, 0.3) is 0 Å². The van der Waals surface area contributed by atoms with Gasteiger partial charge in [0.25, 0.3) is 0 Å². The predicted molar refractivity (Wildman–Crippen MR) is 74.0 cm³/mol. The van der Waals surface area contributed by atoms with Crippen LogP contribution < -0.4 is 0 Å². The third-order valence-corrected chi connectivity index (χ3v) is 2.75. The van der Waals surface area contributed by atoms with Crippen LogP contribution in [0.2, 0.25) is 0 Å². The van der Waals surface area contributed by atoms with E-state index in [1.165, 1.54) is 43.2 Å². The molecule has 0 aromatic heterocycles. The van der Waals surface area contributed by atoms with Crippen LogP contribution in [0.5, 0.6) is 0 Å². The second kappa shape index (κ2) is 9.00. The Morgan fingerprint density at radius 1 is 1.06 bits per heavy atom. The minimum atomic E-state index is 0.743. The maximum atomic E-state index is 5.63. The lowest BCUT2D eigenvalue weighted by molar-refractivity contribution is 0.117. The molecule has 0 spiro atoms. The maximum Gasteiger partial charge on any atom is 0.0716 e. The van der Waals surface area contributed by atoms with E-state index in [0.717, 1.165) is 13.2 Å². The van der Waals surface area contributed by atoms with E-state index in [9.17, 15) is 0 Å². The average molecular weight is 232 g/mol. The third kappa shape index (κ3) is 7.76. The molecule has 0 saturated heterocycles. The van der Waals surface area contributed by atoms with Gasteiger partial charge in [-0.3, -0.25) is 0 Å². The van der Waals surface area contributed by atoms with Crippen molar-refractivity contribution in [3.8, 4) is 0 Å². The van der Waals surface area contributed by atoms with Gasteiger partial charge in [-0.25, -0.2) is 0 Å². The highest BCUT2D eigenvalue weighted by Crippen LogP contribution is 2.08. The second-order valence-electron chi connectivity index (χ2n) is 4.66. The number of unbranched alkanes of at least 4 members (excludes halogenated alkanes) is 3. The summed E-state index contributed by atoms with van der Waals surface area (Å²) in [5.41, 5.74) is 2.56. The molecule has 94 valence electrons. The predicted octanol–water partition coefficient (Wildman–Crippen LogP) is 4.73. The van der Waals surface area contributed by atoms with E-state index in [2.05, 4.69) is 37.8 Å². The molecule has 0 aliphatic rings. The van der Waals surface area contributed by atoms with Crippen LogP contribution in [0.3, 0.4) is 0 Å². The van der Waals surface area contributed by atoms with Crippen LogP contribution in [0.1, 0.15) is 44.6 Å². The summed E-state index contributed by atoms with van der Waals surface area (Å²) in [6, 6.07) is 10.3. The first-order valence-electron chi connectivity index (χ1n) is 6.55. The van der Waals surface area contributed by atoms with Crippen molar-refractivity contribution in [2.45, 2.75) is 45.6 Å². The van der Waals surface area contributed by atoms with Crippen molar-refractivity contribution < 1.29 is 4.74 Å². The highest BCUT2D eigenvalue weighted by Gasteiger charge is 1.93. The Morgan fingerprint density at radius 3 is 2.47 bits per heavy atom. The van der Waals surface area contributed by atoms with Crippen LogP contribution in [-0.4, -0.2) is 6.61 Å². The molecule has 17 heavy (non-hydrogen) atoms. The zero-order valence-corrected chi connectivity index (χ0v) is 11.0. The van der Waals surface area contributed by atoms with Crippen LogP contribution in [0, 0.1) is 0 Å². The summed E-state index contributed by atoms with van der Waals surface area (Å²) in [6.45, 7) is 7.63. The SMILES string of the molecule is C=C(C)CCCCCCOCc1ccccc1.